The second-order valence-electron chi connectivity index (χ2n) is 3.06. The maximum atomic E-state index is 12.2. The third-order valence-electron chi connectivity index (χ3n) is 1.89. The zero-order chi connectivity index (χ0) is 13.4. The van der Waals surface area contributed by atoms with Gasteiger partial charge in [-0.3, -0.25) is 4.98 Å². The van der Waals surface area contributed by atoms with Crippen LogP contribution in [0.15, 0.2) is 36.8 Å². The van der Waals surface area contributed by atoms with Crippen LogP contribution < -0.4 is 9.47 Å². The molecule has 2 rings (SSSR count). The minimum absolute atomic E-state index is 0.0694. The monoisotopic (exact) mass is 252 g/mol. The molecule has 96 valence electrons. The van der Waals surface area contributed by atoms with Gasteiger partial charge in [-0.05, 0) is 6.07 Å². The zero-order valence-electron chi connectivity index (χ0n) is 10.0. The number of ether oxygens (including phenoxy) is 2. The van der Waals surface area contributed by atoms with Gasteiger partial charge < -0.3 is 14.6 Å². The van der Waals surface area contributed by atoms with Crippen molar-refractivity contribution in [3.8, 4) is 17.4 Å². The predicted molar refractivity (Wildman–Crippen MR) is 63.2 cm³/mol. The normalized spacial score (nSPS) is 9.06. The molecule has 0 unspecified atom stereocenters. The number of aromatic nitrogens is 2. The van der Waals surface area contributed by atoms with Gasteiger partial charge in [0.25, 0.3) is 0 Å². The van der Waals surface area contributed by atoms with Crippen LogP contribution in [0.3, 0.4) is 0 Å². The van der Waals surface area contributed by atoms with E-state index in [1.54, 1.807) is 12.3 Å². The Labute approximate surface area is 104 Å². The molecule has 0 atom stereocenters. The van der Waals surface area contributed by atoms with Crippen molar-refractivity contribution in [1.82, 2.24) is 9.97 Å². The average molecular weight is 252 g/mol. The van der Waals surface area contributed by atoms with E-state index in [9.17, 15) is 4.39 Å². The van der Waals surface area contributed by atoms with Crippen molar-refractivity contribution in [3.05, 3.63) is 42.6 Å². The fourth-order valence-corrected chi connectivity index (χ4v) is 1.04. The van der Waals surface area contributed by atoms with E-state index in [0.29, 0.717) is 11.6 Å². The van der Waals surface area contributed by atoms with Gasteiger partial charge in [0.05, 0.1) is 20.4 Å². The van der Waals surface area contributed by atoms with Gasteiger partial charge in [0, 0.05) is 24.5 Å². The van der Waals surface area contributed by atoms with Crippen molar-refractivity contribution in [2.45, 2.75) is 0 Å². The number of pyridine rings is 2. The summed E-state index contributed by atoms with van der Waals surface area (Å²) in [6.45, 7) is 0. The van der Waals surface area contributed by atoms with Gasteiger partial charge in [0.2, 0.25) is 5.88 Å². The largest absolute Gasteiger partial charge is 0.503 e. The molecule has 0 spiro atoms. The molecular weight excluding hydrogens is 239 g/mol. The topological polar surface area (TPSA) is 64.5 Å². The highest BCUT2D eigenvalue weighted by atomic mass is 19.1. The van der Waals surface area contributed by atoms with Crippen LogP contribution in [0.1, 0.15) is 0 Å². The Kier molecular flexibility index (Phi) is 5.37. The average Bonchev–Trinajstić information content (AvgIpc) is 2.40. The molecule has 2 heterocycles. The Hall–Kier alpha value is -2.37. The van der Waals surface area contributed by atoms with Gasteiger partial charge in [-0.15, -0.1) is 0 Å². The number of nitrogens with zero attached hydrogens (tertiary/aromatic N) is 2. The molecule has 0 amide bonds. The van der Waals surface area contributed by atoms with Crippen LogP contribution >= 0.6 is 0 Å². The Morgan fingerprint density at radius 3 is 2.39 bits per heavy atom. The highest BCUT2D eigenvalue weighted by Crippen LogP contribution is 2.21. The smallest absolute Gasteiger partial charge is 0.215 e. The highest BCUT2D eigenvalue weighted by Gasteiger charge is 1.95. The van der Waals surface area contributed by atoms with Crippen LogP contribution in [0, 0.1) is 5.82 Å². The standard InChI is InChI=1S/C6H6FNO.C6H7NO2/c1-9-6-4-5(7)2-3-8-6;1-9-6-2-3-7-4-5(6)8/h2-4H,1H3;2-4,8H,1H3. The summed E-state index contributed by atoms with van der Waals surface area (Å²) in [5, 5.41) is 8.92. The number of hydrogen-bond acceptors (Lipinski definition) is 5. The van der Waals surface area contributed by atoms with Crippen molar-refractivity contribution >= 4 is 0 Å². The third kappa shape index (κ3) is 4.25. The number of halogens is 1. The maximum absolute atomic E-state index is 12.2. The van der Waals surface area contributed by atoms with Crippen LogP contribution in [0.5, 0.6) is 17.4 Å². The van der Waals surface area contributed by atoms with Crippen LogP contribution in [-0.4, -0.2) is 29.3 Å². The summed E-state index contributed by atoms with van der Waals surface area (Å²) in [5.41, 5.74) is 0. The summed E-state index contributed by atoms with van der Waals surface area (Å²) >= 11 is 0. The first-order valence-corrected chi connectivity index (χ1v) is 5.00. The summed E-state index contributed by atoms with van der Waals surface area (Å²) in [6, 6.07) is 4.08. The molecule has 6 heteroatoms. The van der Waals surface area contributed by atoms with E-state index in [0.717, 1.165) is 0 Å². The van der Waals surface area contributed by atoms with Crippen molar-refractivity contribution < 1.29 is 19.0 Å². The molecule has 0 aromatic carbocycles. The Morgan fingerprint density at radius 2 is 1.94 bits per heavy atom. The van der Waals surface area contributed by atoms with Crippen molar-refractivity contribution in [2.75, 3.05) is 14.2 Å². The van der Waals surface area contributed by atoms with E-state index in [1.807, 2.05) is 0 Å². The fraction of sp³-hybridized carbons (Fsp3) is 0.167. The lowest BCUT2D eigenvalue weighted by molar-refractivity contribution is 0.372. The van der Waals surface area contributed by atoms with E-state index in [4.69, 9.17) is 9.84 Å². The number of rotatable bonds is 2. The minimum atomic E-state index is -0.332. The van der Waals surface area contributed by atoms with Gasteiger partial charge >= 0.3 is 0 Å². The summed E-state index contributed by atoms with van der Waals surface area (Å²) < 4.78 is 21.6. The molecule has 5 nitrogen and oxygen atoms in total. The molecule has 18 heavy (non-hydrogen) atoms. The molecule has 0 aliphatic rings. The van der Waals surface area contributed by atoms with Gasteiger partial charge in [-0.1, -0.05) is 0 Å². The minimum Gasteiger partial charge on any atom is -0.503 e. The number of aromatic hydroxyl groups is 1. The summed E-state index contributed by atoms with van der Waals surface area (Å²) in [5.74, 6) is 0.488. The summed E-state index contributed by atoms with van der Waals surface area (Å²) in [7, 11) is 2.94. The first kappa shape index (κ1) is 13.7. The molecular formula is C12H13FN2O3. The number of methoxy groups -OCH3 is 2. The molecule has 1 N–H and O–H groups in total. The van der Waals surface area contributed by atoms with Gasteiger partial charge in [-0.25, -0.2) is 9.37 Å². The quantitative estimate of drug-likeness (QED) is 0.885. The SMILES string of the molecule is COc1cc(F)ccn1.COc1ccncc1O. The molecule has 2 aromatic rings. The summed E-state index contributed by atoms with van der Waals surface area (Å²) in [6.07, 6.45) is 4.24. The zero-order valence-corrected chi connectivity index (χ0v) is 10.0. The predicted octanol–water partition coefficient (Wildman–Crippen LogP) is 2.03. The van der Waals surface area contributed by atoms with Gasteiger partial charge in [-0.2, -0.15) is 0 Å². The van der Waals surface area contributed by atoms with E-state index in [-0.39, 0.29) is 11.6 Å². The molecule has 0 radical (unpaired) electrons. The number of hydrogen-bond donors (Lipinski definition) is 1. The third-order valence-corrected chi connectivity index (χ3v) is 1.89. The Balaban J connectivity index is 0.000000180. The first-order chi connectivity index (χ1) is 8.67. The molecule has 0 bridgehead atoms. The Morgan fingerprint density at radius 1 is 1.17 bits per heavy atom. The van der Waals surface area contributed by atoms with E-state index in [2.05, 4.69) is 14.7 Å². The lowest BCUT2D eigenvalue weighted by atomic mass is 10.4. The van der Waals surface area contributed by atoms with Crippen LogP contribution in [0.25, 0.3) is 0 Å². The highest BCUT2D eigenvalue weighted by molar-refractivity contribution is 5.34. The van der Waals surface area contributed by atoms with E-state index in [1.165, 1.54) is 38.7 Å². The Bertz CT molecular complexity index is 494. The van der Waals surface area contributed by atoms with Crippen LogP contribution in [0.4, 0.5) is 4.39 Å². The van der Waals surface area contributed by atoms with Crippen molar-refractivity contribution in [3.63, 3.8) is 0 Å². The second-order valence-corrected chi connectivity index (χ2v) is 3.06. The lowest BCUT2D eigenvalue weighted by Crippen LogP contribution is -1.86. The van der Waals surface area contributed by atoms with Gasteiger partial charge in [0.1, 0.15) is 5.82 Å². The molecule has 2 aromatic heterocycles. The van der Waals surface area contributed by atoms with E-state index < -0.39 is 0 Å². The second kappa shape index (κ2) is 7.05. The van der Waals surface area contributed by atoms with Crippen molar-refractivity contribution in [2.24, 2.45) is 0 Å². The summed E-state index contributed by atoms with van der Waals surface area (Å²) in [4.78, 5) is 7.36. The molecule has 0 fully saturated rings. The fourth-order valence-electron chi connectivity index (χ4n) is 1.04. The van der Waals surface area contributed by atoms with Crippen LogP contribution in [0.2, 0.25) is 0 Å². The lowest BCUT2D eigenvalue weighted by Gasteiger charge is -1.98. The molecule has 0 aliphatic carbocycles. The molecule has 0 saturated carbocycles. The molecule has 0 aliphatic heterocycles. The van der Waals surface area contributed by atoms with Crippen molar-refractivity contribution in [1.29, 1.82) is 0 Å². The molecule has 0 saturated heterocycles. The van der Waals surface area contributed by atoms with Gasteiger partial charge in [0.15, 0.2) is 11.5 Å². The maximum Gasteiger partial charge on any atom is 0.215 e. The van der Waals surface area contributed by atoms with Crippen LogP contribution in [-0.2, 0) is 0 Å². The first-order valence-electron chi connectivity index (χ1n) is 5.00. The van der Waals surface area contributed by atoms with E-state index >= 15 is 0 Å².